The lowest BCUT2D eigenvalue weighted by Crippen LogP contribution is -2.35. The fourth-order valence-corrected chi connectivity index (χ4v) is 3.82. The van der Waals surface area contributed by atoms with Gasteiger partial charge in [0.15, 0.2) is 5.82 Å². The van der Waals surface area contributed by atoms with Crippen molar-refractivity contribution in [2.24, 2.45) is 0 Å². The second-order valence-corrected chi connectivity index (χ2v) is 8.35. The molecule has 150 valence electrons. The molecular formula is C21H21BrClN5O. The minimum atomic E-state index is -0.236. The highest BCUT2D eigenvalue weighted by atomic mass is 79.9. The van der Waals surface area contributed by atoms with E-state index in [2.05, 4.69) is 36.0 Å². The van der Waals surface area contributed by atoms with Gasteiger partial charge in [-0.3, -0.25) is 4.90 Å². The number of anilines is 2. The number of urea groups is 1. The van der Waals surface area contributed by atoms with Gasteiger partial charge in [-0.05, 0) is 61.4 Å². The van der Waals surface area contributed by atoms with Gasteiger partial charge in [-0.2, -0.15) is 0 Å². The topological polar surface area (TPSA) is 63.1 Å². The summed E-state index contributed by atoms with van der Waals surface area (Å²) in [5, 5.41) is 12.3. The van der Waals surface area contributed by atoms with Gasteiger partial charge in [-0.1, -0.05) is 34.0 Å². The summed E-state index contributed by atoms with van der Waals surface area (Å²) < 4.78 is 3.12. The molecule has 2 aromatic carbocycles. The van der Waals surface area contributed by atoms with Gasteiger partial charge in [0.25, 0.3) is 0 Å². The molecule has 0 aliphatic carbocycles. The molecule has 1 aliphatic rings. The van der Waals surface area contributed by atoms with Crippen LogP contribution in [0, 0.1) is 0 Å². The first-order chi connectivity index (χ1) is 14.1. The zero-order valence-corrected chi connectivity index (χ0v) is 18.2. The van der Waals surface area contributed by atoms with Crippen molar-refractivity contribution in [2.75, 3.05) is 10.2 Å². The summed E-state index contributed by atoms with van der Waals surface area (Å²) in [6, 6.07) is 14.5. The van der Waals surface area contributed by atoms with Crippen molar-refractivity contribution in [1.29, 1.82) is 0 Å². The number of halogens is 2. The van der Waals surface area contributed by atoms with Gasteiger partial charge >= 0.3 is 6.03 Å². The summed E-state index contributed by atoms with van der Waals surface area (Å²) in [4.78, 5) is 14.8. The van der Waals surface area contributed by atoms with E-state index in [0.29, 0.717) is 17.3 Å². The van der Waals surface area contributed by atoms with E-state index in [0.717, 1.165) is 47.6 Å². The molecule has 8 heteroatoms. The number of rotatable bonds is 4. The minimum absolute atomic E-state index is 0.236. The van der Waals surface area contributed by atoms with Gasteiger partial charge in [0.2, 0.25) is 0 Å². The first-order valence-corrected chi connectivity index (χ1v) is 10.8. The minimum Gasteiger partial charge on any atom is -0.313 e. The molecule has 1 N–H and O–H groups in total. The van der Waals surface area contributed by atoms with Gasteiger partial charge in [0.1, 0.15) is 5.82 Å². The van der Waals surface area contributed by atoms with Gasteiger partial charge in [0, 0.05) is 33.8 Å². The van der Waals surface area contributed by atoms with Crippen molar-refractivity contribution in [3.8, 4) is 0 Å². The molecule has 2 heterocycles. The van der Waals surface area contributed by atoms with Crippen LogP contribution in [0.5, 0.6) is 0 Å². The first-order valence-electron chi connectivity index (χ1n) is 9.61. The van der Waals surface area contributed by atoms with E-state index >= 15 is 0 Å². The number of carbonyl (C=O) groups excluding carboxylic acids is 1. The average Bonchev–Trinajstić information content (AvgIpc) is 2.94. The van der Waals surface area contributed by atoms with E-state index in [-0.39, 0.29) is 6.03 Å². The second-order valence-electron chi connectivity index (χ2n) is 6.99. The summed E-state index contributed by atoms with van der Waals surface area (Å²) >= 11 is 9.40. The van der Waals surface area contributed by atoms with Crippen LogP contribution in [0.1, 0.15) is 30.9 Å². The largest absolute Gasteiger partial charge is 0.326 e. The monoisotopic (exact) mass is 473 g/mol. The first kappa shape index (κ1) is 19.9. The Morgan fingerprint density at radius 3 is 2.59 bits per heavy atom. The average molecular weight is 475 g/mol. The van der Waals surface area contributed by atoms with E-state index < -0.39 is 0 Å². The zero-order chi connectivity index (χ0) is 20.2. The summed E-state index contributed by atoms with van der Waals surface area (Å²) in [5.74, 6) is 1.81. The van der Waals surface area contributed by atoms with Crippen LogP contribution >= 0.6 is 27.5 Å². The van der Waals surface area contributed by atoms with Gasteiger partial charge < -0.3 is 9.88 Å². The van der Waals surface area contributed by atoms with Crippen LogP contribution in [0.15, 0.2) is 53.0 Å². The number of hydrogen-bond acceptors (Lipinski definition) is 3. The Balaban J connectivity index is 1.62. The van der Waals surface area contributed by atoms with Crippen LogP contribution < -0.4 is 10.2 Å². The van der Waals surface area contributed by atoms with Crippen molar-refractivity contribution >= 4 is 44.9 Å². The number of benzene rings is 2. The standard InChI is InChI=1S/C21H21BrClN5O/c22-15-5-11-18(12-6-15)28(21(29)24-17-9-7-16(23)8-10-17)14-20-26-25-19-4-2-1-3-13-27(19)20/h5-12H,1-4,13-14H2,(H,24,29). The van der Waals surface area contributed by atoms with Crippen LogP contribution in [-0.4, -0.2) is 20.8 Å². The third-order valence-electron chi connectivity index (χ3n) is 4.96. The Hall–Kier alpha value is -2.38. The Kier molecular flexibility index (Phi) is 6.16. The predicted octanol–water partition coefficient (Wildman–Crippen LogP) is 5.66. The molecule has 3 aromatic rings. The Labute approximate surface area is 183 Å². The fourth-order valence-electron chi connectivity index (χ4n) is 3.43. The number of amides is 2. The van der Waals surface area contributed by atoms with E-state index in [1.54, 1.807) is 29.2 Å². The number of nitrogens with one attached hydrogen (secondary N) is 1. The molecule has 4 rings (SSSR count). The zero-order valence-electron chi connectivity index (χ0n) is 15.8. The normalized spacial score (nSPS) is 13.4. The van der Waals surface area contributed by atoms with Crippen LogP contribution in [0.25, 0.3) is 0 Å². The van der Waals surface area contributed by atoms with Crippen molar-refractivity contribution in [3.05, 3.63) is 69.7 Å². The number of nitrogens with zero attached hydrogens (tertiary/aromatic N) is 4. The molecule has 0 saturated heterocycles. The summed E-state index contributed by atoms with van der Waals surface area (Å²) in [6.45, 7) is 1.23. The summed E-state index contributed by atoms with van der Waals surface area (Å²) in [5.41, 5.74) is 1.47. The lowest BCUT2D eigenvalue weighted by atomic mass is 10.2. The maximum atomic E-state index is 13.2. The summed E-state index contributed by atoms with van der Waals surface area (Å²) in [6.07, 6.45) is 4.36. The van der Waals surface area contributed by atoms with E-state index in [1.807, 2.05) is 24.3 Å². The van der Waals surface area contributed by atoms with Gasteiger partial charge in [-0.25, -0.2) is 4.79 Å². The molecule has 0 saturated carbocycles. The van der Waals surface area contributed by atoms with Crippen LogP contribution in [-0.2, 0) is 19.5 Å². The molecule has 0 unspecified atom stereocenters. The number of hydrogen-bond donors (Lipinski definition) is 1. The number of carbonyl (C=O) groups is 1. The molecule has 0 fully saturated rings. The number of aromatic nitrogens is 3. The SMILES string of the molecule is O=C(Nc1ccc(Cl)cc1)N(Cc1nnc2n1CCCCC2)c1ccc(Br)cc1. The molecule has 2 amide bonds. The highest BCUT2D eigenvalue weighted by molar-refractivity contribution is 9.10. The van der Waals surface area contributed by atoms with Crippen LogP contribution in [0.4, 0.5) is 16.2 Å². The number of aryl methyl sites for hydroxylation is 1. The van der Waals surface area contributed by atoms with Crippen molar-refractivity contribution in [1.82, 2.24) is 14.8 Å². The second kappa shape index (κ2) is 8.97. The fraction of sp³-hybridized carbons (Fsp3) is 0.286. The molecule has 0 spiro atoms. The molecular weight excluding hydrogens is 454 g/mol. The van der Waals surface area contributed by atoms with Gasteiger partial charge in [-0.15, -0.1) is 10.2 Å². The Bertz CT molecular complexity index is 987. The molecule has 6 nitrogen and oxygen atoms in total. The van der Waals surface area contributed by atoms with Crippen molar-refractivity contribution in [3.63, 3.8) is 0 Å². The van der Waals surface area contributed by atoms with Crippen molar-refractivity contribution < 1.29 is 4.79 Å². The quantitative estimate of drug-likeness (QED) is 0.531. The van der Waals surface area contributed by atoms with E-state index in [4.69, 9.17) is 11.6 Å². The van der Waals surface area contributed by atoms with Crippen LogP contribution in [0.3, 0.4) is 0 Å². The Morgan fingerprint density at radius 1 is 1.07 bits per heavy atom. The Morgan fingerprint density at radius 2 is 1.83 bits per heavy atom. The van der Waals surface area contributed by atoms with Gasteiger partial charge in [0.05, 0.1) is 6.54 Å². The highest BCUT2D eigenvalue weighted by Gasteiger charge is 2.22. The predicted molar refractivity (Wildman–Crippen MR) is 118 cm³/mol. The lowest BCUT2D eigenvalue weighted by molar-refractivity contribution is 0.256. The molecule has 1 aliphatic heterocycles. The summed E-state index contributed by atoms with van der Waals surface area (Å²) in [7, 11) is 0. The highest BCUT2D eigenvalue weighted by Crippen LogP contribution is 2.23. The maximum Gasteiger partial charge on any atom is 0.326 e. The molecule has 0 atom stereocenters. The van der Waals surface area contributed by atoms with E-state index in [1.165, 1.54) is 6.42 Å². The number of fused-ring (bicyclic) bond motifs is 1. The smallest absolute Gasteiger partial charge is 0.313 e. The van der Waals surface area contributed by atoms with Crippen molar-refractivity contribution in [2.45, 2.75) is 38.8 Å². The lowest BCUT2D eigenvalue weighted by Gasteiger charge is -2.23. The molecule has 0 bridgehead atoms. The molecule has 0 radical (unpaired) electrons. The third kappa shape index (κ3) is 4.79. The molecule has 1 aromatic heterocycles. The molecule has 29 heavy (non-hydrogen) atoms. The third-order valence-corrected chi connectivity index (χ3v) is 5.75. The maximum absolute atomic E-state index is 13.2. The van der Waals surface area contributed by atoms with Crippen LogP contribution in [0.2, 0.25) is 5.02 Å². The van der Waals surface area contributed by atoms with E-state index in [9.17, 15) is 4.79 Å².